The standard InChI is InChI=1S/C37H51FN4O4S/c1-46-36(43)39-35-9-5-8-34(35)37(26-41-18-2-3-19-41,29-6-4-7-30(38)22-29)28-16-20-40(21-17-28)23-27-24-42(25-27)31-10-12-32(13-11-31)47(44,45)33-14-15-33/h4,6-7,10-13,22,27-28,33-35H,2-3,5,8-9,14-21,23-26H2,1H3,(H,39,43)/t34-,35-,37-/m0/s1. The number of likely N-dealkylation sites (tertiary alicyclic amines) is 2. The van der Waals surface area contributed by atoms with Crippen molar-refractivity contribution in [2.45, 2.75) is 79.4 Å². The Morgan fingerprint density at radius 1 is 0.915 bits per heavy atom. The number of carbonyl (C=O) groups excluding carboxylic acids is 1. The first kappa shape index (κ1) is 32.8. The number of benzene rings is 2. The number of alkyl carbamates (subject to hydrolysis) is 1. The first-order valence-electron chi connectivity index (χ1n) is 17.9. The van der Waals surface area contributed by atoms with Crippen molar-refractivity contribution in [2.75, 3.05) is 64.4 Å². The van der Waals surface area contributed by atoms with Crippen LogP contribution >= 0.6 is 0 Å². The van der Waals surface area contributed by atoms with E-state index < -0.39 is 9.84 Å². The second kappa shape index (κ2) is 13.7. The first-order valence-corrected chi connectivity index (χ1v) is 19.4. The Balaban J connectivity index is 1.04. The fourth-order valence-electron chi connectivity index (χ4n) is 9.45. The molecule has 2 saturated carbocycles. The molecule has 3 atom stereocenters. The SMILES string of the molecule is COC(=O)N[C@H]1CCC[C@@H]1[C@](CN1CCCC1)(c1cccc(F)c1)C1CCN(CC2CN(c3ccc(S(=O)(=O)C4CC4)cc3)C2)CC1. The van der Waals surface area contributed by atoms with E-state index in [1.54, 1.807) is 24.3 Å². The van der Waals surface area contributed by atoms with Gasteiger partial charge in [0, 0.05) is 49.2 Å². The van der Waals surface area contributed by atoms with Gasteiger partial charge in [-0.2, -0.15) is 0 Å². The minimum absolute atomic E-state index is 0.00943. The van der Waals surface area contributed by atoms with Gasteiger partial charge in [0.25, 0.3) is 0 Å². The third-order valence-corrected chi connectivity index (χ3v) is 14.3. The molecule has 0 radical (unpaired) electrons. The van der Waals surface area contributed by atoms with Crippen LogP contribution in [0.15, 0.2) is 53.4 Å². The van der Waals surface area contributed by atoms with E-state index in [0.717, 1.165) is 109 Å². The molecule has 1 amide bonds. The van der Waals surface area contributed by atoms with Gasteiger partial charge in [0.1, 0.15) is 5.82 Å². The number of nitrogens with one attached hydrogen (secondary N) is 1. The molecule has 0 spiro atoms. The average molecular weight is 667 g/mol. The molecule has 0 aromatic heterocycles. The molecule has 2 aromatic rings. The molecular formula is C37H51FN4O4S. The maximum absolute atomic E-state index is 15.0. The summed E-state index contributed by atoms with van der Waals surface area (Å²) in [6.07, 6.45) is 8.70. The fraction of sp³-hybridized carbons (Fsp3) is 0.649. The molecule has 2 aliphatic carbocycles. The van der Waals surface area contributed by atoms with Crippen LogP contribution in [-0.2, 0) is 20.0 Å². The summed E-state index contributed by atoms with van der Waals surface area (Å²) in [4.78, 5) is 20.5. The Hall–Kier alpha value is -2.69. The molecule has 3 heterocycles. The van der Waals surface area contributed by atoms with Crippen LogP contribution in [0.4, 0.5) is 14.9 Å². The third kappa shape index (κ3) is 6.79. The first-order chi connectivity index (χ1) is 22.8. The lowest BCUT2D eigenvalue weighted by Crippen LogP contribution is -2.58. The summed E-state index contributed by atoms with van der Waals surface area (Å²) < 4.78 is 45.2. The molecule has 10 heteroatoms. The van der Waals surface area contributed by atoms with Crippen molar-refractivity contribution in [2.24, 2.45) is 17.8 Å². The summed E-state index contributed by atoms with van der Waals surface area (Å²) in [7, 11) is -1.73. The van der Waals surface area contributed by atoms with Gasteiger partial charge in [-0.05, 0) is 131 Å². The number of hydrogen-bond donors (Lipinski definition) is 1. The van der Waals surface area contributed by atoms with Crippen LogP contribution in [0.2, 0.25) is 0 Å². The fourth-order valence-corrected chi connectivity index (χ4v) is 11.1. The molecule has 47 heavy (non-hydrogen) atoms. The average Bonchev–Trinajstić information content (AvgIpc) is 3.63. The van der Waals surface area contributed by atoms with Gasteiger partial charge in [-0.25, -0.2) is 17.6 Å². The van der Waals surface area contributed by atoms with E-state index in [1.807, 2.05) is 18.2 Å². The summed E-state index contributed by atoms with van der Waals surface area (Å²) in [5, 5.41) is 3.02. The lowest BCUT2D eigenvalue weighted by atomic mass is 9.58. The van der Waals surface area contributed by atoms with Gasteiger partial charge < -0.3 is 24.8 Å². The summed E-state index contributed by atoms with van der Waals surface area (Å²) >= 11 is 0. The minimum Gasteiger partial charge on any atom is -0.453 e. The molecule has 2 aromatic carbocycles. The summed E-state index contributed by atoms with van der Waals surface area (Å²) in [5.41, 5.74) is 1.94. The quantitative estimate of drug-likeness (QED) is 0.341. The second-order valence-electron chi connectivity index (χ2n) is 14.9. The van der Waals surface area contributed by atoms with Crippen molar-refractivity contribution < 1.29 is 22.3 Å². The lowest BCUT2D eigenvalue weighted by Gasteiger charge is -2.52. The highest BCUT2D eigenvalue weighted by molar-refractivity contribution is 7.92. The Labute approximate surface area is 279 Å². The van der Waals surface area contributed by atoms with E-state index >= 15 is 0 Å². The van der Waals surface area contributed by atoms with Crippen molar-refractivity contribution in [1.29, 1.82) is 0 Å². The number of anilines is 1. The summed E-state index contributed by atoms with van der Waals surface area (Å²) in [6.45, 7) is 8.14. The monoisotopic (exact) mass is 666 g/mol. The van der Waals surface area contributed by atoms with Crippen molar-refractivity contribution in [3.05, 3.63) is 59.9 Å². The van der Waals surface area contributed by atoms with E-state index in [2.05, 4.69) is 26.1 Å². The minimum atomic E-state index is -3.15. The number of rotatable bonds is 11. The zero-order chi connectivity index (χ0) is 32.6. The molecule has 8 nitrogen and oxygen atoms in total. The number of ether oxygens (including phenoxy) is 1. The molecule has 7 rings (SSSR count). The van der Waals surface area contributed by atoms with Crippen LogP contribution in [0, 0.1) is 23.6 Å². The number of piperidine rings is 1. The highest BCUT2D eigenvalue weighted by Crippen LogP contribution is 2.51. The van der Waals surface area contributed by atoms with Crippen molar-refractivity contribution in [3.63, 3.8) is 0 Å². The maximum Gasteiger partial charge on any atom is 0.407 e. The molecule has 1 N–H and O–H groups in total. The predicted molar refractivity (Wildman–Crippen MR) is 182 cm³/mol. The number of carbonyl (C=O) groups is 1. The number of hydrogen-bond acceptors (Lipinski definition) is 7. The zero-order valence-electron chi connectivity index (χ0n) is 27.8. The third-order valence-electron chi connectivity index (χ3n) is 12.0. The van der Waals surface area contributed by atoms with E-state index in [0.29, 0.717) is 16.7 Å². The Morgan fingerprint density at radius 2 is 1.64 bits per heavy atom. The van der Waals surface area contributed by atoms with Gasteiger partial charge in [0.05, 0.1) is 17.3 Å². The largest absolute Gasteiger partial charge is 0.453 e. The highest BCUT2D eigenvalue weighted by Gasteiger charge is 2.53. The predicted octanol–water partition coefficient (Wildman–Crippen LogP) is 5.47. The Morgan fingerprint density at radius 3 is 2.30 bits per heavy atom. The van der Waals surface area contributed by atoms with E-state index in [4.69, 9.17) is 4.74 Å². The van der Waals surface area contributed by atoms with Crippen LogP contribution in [0.5, 0.6) is 0 Å². The molecule has 5 aliphatic rings. The Bertz CT molecular complexity index is 1500. The number of halogens is 1. The number of sulfone groups is 1. The maximum atomic E-state index is 15.0. The summed E-state index contributed by atoms with van der Waals surface area (Å²) in [5.74, 6) is 0.998. The normalized spacial score (nSPS) is 26.2. The smallest absolute Gasteiger partial charge is 0.407 e. The topological polar surface area (TPSA) is 82.2 Å². The molecule has 5 fully saturated rings. The Kier molecular flexibility index (Phi) is 9.55. The summed E-state index contributed by atoms with van der Waals surface area (Å²) in [6, 6.07) is 14.9. The lowest BCUT2D eigenvalue weighted by molar-refractivity contribution is 0.0436. The number of amides is 1. The zero-order valence-corrected chi connectivity index (χ0v) is 28.6. The van der Waals surface area contributed by atoms with Crippen LogP contribution in [0.1, 0.15) is 63.4 Å². The van der Waals surface area contributed by atoms with Gasteiger partial charge in [-0.3, -0.25) is 0 Å². The molecular weight excluding hydrogens is 615 g/mol. The van der Waals surface area contributed by atoms with Crippen LogP contribution in [0.25, 0.3) is 0 Å². The van der Waals surface area contributed by atoms with Crippen LogP contribution in [0.3, 0.4) is 0 Å². The van der Waals surface area contributed by atoms with Gasteiger partial charge in [-0.15, -0.1) is 0 Å². The number of methoxy groups -OCH3 is 1. The molecule has 0 unspecified atom stereocenters. The molecule has 256 valence electrons. The van der Waals surface area contributed by atoms with Gasteiger partial charge >= 0.3 is 6.09 Å². The van der Waals surface area contributed by atoms with Crippen LogP contribution < -0.4 is 10.2 Å². The molecule has 0 bridgehead atoms. The highest BCUT2D eigenvalue weighted by atomic mass is 32.2. The molecule has 3 aliphatic heterocycles. The van der Waals surface area contributed by atoms with Crippen molar-refractivity contribution in [1.82, 2.24) is 15.1 Å². The van der Waals surface area contributed by atoms with Crippen molar-refractivity contribution in [3.8, 4) is 0 Å². The van der Waals surface area contributed by atoms with Gasteiger partial charge in [0.15, 0.2) is 9.84 Å². The van der Waals surface area contributed by atoms with E-state index in [1.165, 1.54) is 20.0 Å². The number of nitrogens with zero attached hydrogens (tertiary/aromatic N) is 3. The van der Waals surface area contributed by atoms with E-state index in [9.17, 15) is 17.6 Å². The van der Waals surface area contributed by atoms with Gasteiger partial charge in [-0.1, -0.05) is 18.6 Å². The van der Waals surface area contributed by atoms with Crippen LogP contribution in [-0.4, -0.2) is 95.1 Å². The molecule has 3 saturated heterocycles. The second-order valence-corrected chi connectivity index (χ2v) is 17.1. The van der Waals surface area contributed by atoms with Gasteiger partial charge in [0.2, 0.25) is 0 Å². The van der Waals surface area contributed by atoms with Crippen molar-refractivity contribution >= 4 is 21.6 Å². The van der Waals surface area contributed by atoms with E-state index in [-0.39, 0.29) is 34.5 Å².